The zero-order chi connectivity index (χ0) is 17.2. The SMILES string of the molecule is O=C(NC[C@@H]1C[C@H](F)CN1c1cccnn1)c1n[nH]c2ccccc12. The van der Waals surface area contributed by atoms with E-state index in [9.17, 15) is 9.18 Å². The van der Waals surface area contributed by atoms with Gasteiger partial charge in [0.25, 0.3) is 5.91 Å². The van der Waals surface area contributed by atoms with Crippen molar-refractivity contribution >= 4 is 22.6 Å². The number of aromatic nitrogens is 4. The van der Waals surface area contributed by atoms with E-state index in [2.05, 4.69) is 25.7 Å². The number of carbonyl (C=O) groups is 1. The number of carbonyl (C=O) groups excluding carboxylic acids is 1. The van der Waals surface area contributed by atoms with E-state index in [1.54, 1.807) is 18.3 Å². The Bertz CT molecular complexity index is 883. The standard InChI is InChI=1S/C17H17FN6O/c18-11-8-12(24(10-11)15-6-3-7-20-22-15)9-19-17(25)16-13-4-1-2-5-14(13)21-23-16/h1-7,11-12H,8-10H2,(H,19,25)(H,21,23)/t11-,12-/m0/s1. The molecule has 1 aliphatic rings. The number of rotatable bonds is 4. The maximum atomic E-state index is 13.9. The molecule has 1 saturated heterocycles. The monoisotopic (exact) mass is 340 g/mol. The number of amides is 1. The molecule has 0 saturated carbocycles. The van der Waals surface area contributed by atoms with E-state index in [1.165, 1.54) is 0 Å². The molecular formula is C17H17FN6O. The fourth-order valence-electron chi connectivity index (χ4n) is 3.21. The first-order chi connectivity index (χ1) is 12.2. The average molecular weight is 340 g/mol. The summed E-state index contributed by atoms with van der Waals surface area (Å²) >= 11 is 0. The second-order valence-corrected chi connectivity index (χ2v) is 6.05. The largest absolute Gasteiger partial charge is 0.349 e. The van der Waals surface area contributed by atoms with Gasteiger partial charge in [0.15, 0.2) is 11.5 Å². The van der Waals surface area contributed by atoms with Gasteiger partial charge in [-0.1, -0.05) is 18.2 Å². The topological polar surface area (TPSA) is 86.8 Å². The number of hydrogen-bond donors (Lipinski definition) is 2. The zero-order valence-electron chi connectivity index (χ0n) is 13.4. The van der Waals surface area contributed by atoms with E-state index in [0.717, 1.165) is 10.9 Å². The summed E-state index contributed by atoms with van der Waals surface area (Å²) in [5, 5.41) is 18.4. The summed E-state index contributed by atoms with van der Waals surface area (Å²) in [6, 6.07) is 10.8. The van der Waals surface area contributed by atoms with Crippen LogP contribution in [0.5, 0.6) is 0 Å². The Kier molecular flexibility index (Phi) is 4.01. The van der Waals surface area contributed by atoms with Crippen LogP contribution in [0.4, 0.5) is 10.2 Å². The summed E-state index contributed by atoms with van der Waals surface area (Å²) in [4.78, 5) is 14.3. The van der Waals surface area contributed by atoms with Gasteiger partial charge in [0.2, 0.25) is 0 Å². The van der Waals surface area contributed by atoms with Crippen molar-refractivity contribution in [2.24, 2.45) is 0 Å². The average Bonchev–Trinajstić information content (AvgIpc) is 3.24. The van der Waals surface area contributed by atoms with Crippen LogP contribution in [0.1, 0.15) is 16.9 Å². The zero-order valence-corrected chi connectivity index (χ0v) is 13.4. The van der Waals surface area contributed by atoms with Crippen molar-refractivity contribution in [3.05, 3.63) is 48.3 Å². The molecule has 4 rings (SSSR count). The van der Waals surface area contributed by atoms with Crippen molar-refractivity contribution in [1.29, 1.82) is 0 Å². The molecule has 25 heavy (non-hydrogen) atoms. The molecular weight excluding hydrogens is 323 g/mol. The van der Waals surface area contributed by atoms with Crippen LogP contribution in [0, 0.1) is 0 Å². The van der Waals surface area contributed by atoms with Gasteiger partial charge in [-0.3, -0.25) is 9.89 Å². The molecule has 1 fully saturated rings. The fraction of sp³-hybridized carbons (Fsp3) is 0.294. The minimum absolute atomic E-state index is 0.166. The van der Waals surface area contributed by atoms with Gasteiger partial charge in [-0.05, 0) is 18.2 Å². The molecule has 1 aromatic carbocycles. The van der Waals surface area contributed by atoms with E-state index in [1.807, 2.05) is 29.2 Å². The molecule has 0 radical (unpaired) electrons. The van der Waals surface area contributed by atoms with Gasteiger partial charge >= 0.3 is 0 Å². The Morgan fingerprint density at radius 1 is 1.32 bits per heavy atom. The van der Waals surface area contributed by atoms with Gasteiger partial charge < -0.3 is 10.2 Å². The van der Waals surface area contributed by atoms with Gasteiger partial charge in [0.1, 0.15) is 6.17 Å². The predicted octanol–water partition coefficient (Wildman–Crippen LogP) is 1.70. The molecule has 2 atom stereocenters. The van der Waals surface area contributed by atoms with Crippen LogP contribution >= 0.6 is 0 Å². The Morgan fingerprint density at radius 3 is 3.04 bits per heavy atom. The van der Waals surface area contributed by atoms with Crippen LogP contribution in [-0.4, -0.2) is 51.6 Å². The normalized spacial score (nSPS) is 20.1. The number of halogens is 1. The quantitative estimate of drug-likeness (QED) is 0.755. The highest BCUT2D eigenvalue weighted by Gasteiger charge is 2.33. The number of nitrogens with one attached hydrogen (secondary N) is 2. The Labute approximate surface area is 143 Å². The fourth-order valence-corrected chi connectivity index (χ4v) is 3.21. The third-order valence-electron chi connectivity index (χ3n) is 4.40. The van der Waals surface area contributed by atoms with E-state index in [0.29, 0.717) is 24.5 Å². The highest BCUT2D eigenvalue weighted by molar-refractivity contribution is 6.04. The van der Waals surface area contributed by atoms with Crippen LogP contribution in [0.3, 0.4) is 0 Å². The van der Waals surface area contributed by atoms with Crippen LogP contribution in [0.25, 0.3) is 10.9 Å². The lowest BCUT2D eigenvalue weighted by Crippen LogP contribution is -2.40. The third-order valence-corrected chi connectivity index (χ3v) is 4.40. The van der Waals surface area contributed by atoms with E-state index < -0.39 is 6.17 Å². The molecule has 1 aliphatic heterocycles. The Morgan fingerprint density at radius 2 is 2.20 bits per heavy atom. The lowest BCUT2D eigenvalue weighted by molar-refractivity contribution is 0.0947. The number of nitrogens with zero attached hydrogens (tertiary/aromatic N) is 4. The summed E-state index contributed by atoms with van der Waals surface area (Å²) in [5.41, 5.74) is 1.15. The number of hydrogen-bond acceptors (Lipinski definition) is 5. The molecule has 0 aliphatic carbocycles. The van der Waals surface area contributed by atoms with E-state index >= 15 is 0 Å². The summed E-state index contributed by atoms with van der Waals surface area (Å²) < 4.78 is 13.9. The number of benzene rings is 1. The van der Waals surface area contributed by atoms with Gasteiger partial charge in [-0.2, -0.15) is 10.2 Å². The minimum atomic E-state index is -0.949. The van der Waals surface area contributed by atoms with Crippen molar-refractivity contribution < 1.29 is 9.18 Å². The van der Waals surface area contributed by atoms with Crippen LogP contribution < -0.4 is 10.2 Å². The Balaban J connectivity index is 1.47. The maximum absolute atomic E-state index is 13.9. The third kappa shape index (κ3) is 3.02. The minimum Gasteiger partial charge on any atom is -0.349 e. The van der Waals surface area contributed by atoms with Gasteiger partial charge in [0, 0.05) is 24.5 Å². The molecule has 8 heteroatoms. The van der Waals surface area contributed by atoms with E-state index in [4.69, 9.17) is 0 Å². The Hall–Kier alpha value is -3.03. The van der Waals surface area contributed by atoms with Crippen molar-refractivity contribution in [1.82, 2.24) is 25.7 Å². The van der Waals surface area contributed by atoms with Gasteiger partial charge in [-0.25, -0.2) is 4.39 Å². The number of H-pyrrole nitrogens is 1. The van der Waals surface area contributed by atoms with Gasteiger partial charge in [0.05, 0.1) is 18.1 Å². The molecule has 1 amide bonds. The smallest absolute Gasteiger partial charge is 0.272 e. The molecule has 7 nitrogen and oxygen atoms in total. The molecule has 0 unspecified atom stereocenters. The second-order valence-electron chi connectivity index (χ2n) is 6.05. The number of alkyl halides is 1. The first-order valence-corrected chi connectivity index (χ1v) is 8.12. The molecule has 3 aromatic rings. The number of aromatic amines is 1. The highest BCUT2D eigenvalue weighted by atomic mass is 19.1. The molecule has 2 aromatic heterocycles. The number of fused-ring (bicyclic) bond motifs is 1. The van der Waals surface area contributed by atoms with E-state index in [-0.39, 0.29) is 18.5 Å². The molecule has 2 N–H and O–H groups in total. The summed E-state index contributed by atoms with van der Waals surface area (Å²) in [7, 11) is 0. The van der Waals surface area contributed by atoms with Gasteiger partial charge in [-0.15, -0.1) is 5.10 Å². The van der Waals surface area contributed by atoms with Crippen molar-refractivity contribution in [2.75, 3.05) is 18.0 Å². The summed E-state index contributed by atoms with van der Waals surface area (Å²) in [6.45, 7) is 0.571. The van der Waals surface area contributed by atoms with Crippen molar-refractivity contribution in [2.45, 2.75) is 18.6 Å². The van der Waals surface area contributed by atoms with Crippen molar-refractivity contribution in [3.8, 4) is 0 Å². The molecule has 128 valence electrons. The maximum Gasteiger partial charge on any atom is 0.272 e. The second kappa shape index (κ2) is 6.46. The molecule has 0 spiro atoms. The van der Waals surface area contributed by atoms with Crippen molar-refractivity contribution in [3.63, 3.8) is 0 Å². The number of para-hydroxylation sites is 1. The lowest BCUT2D eigenvalue weighted by Gasteiger charge is -2.24. The number of anilines is 1. The predicted molar refractivity (Wildman–Crippen MR) is 91.1 cm³/mol. The first-order valence-electron chi connectivity index (χ1n) is 8.12. The lowest BCUT2D eigenvalue weighted by atomic mass is 10.2. The molecule has 0 bridgehead atoms. The van der Waals surface area contributed by atoms with Crippen LogP contribution in [0.15, 0.2) is 42.6 Å². The van der Waals surface area contributed by atoms with Crippen LogP contribution in [0.2, 0.25) is 0 Å². The summed E-state index contributed by atoms with van der Waals surface area (Å²) in [6.07, 6.45) is 0.972. The first kappa shape index (κ1) is 15.5. The molecule has 3 heterocycles. The highest BCUT2D eigenvalue weighted by Crippen LogP contribution is 2.25. The van der Waals surface area contributed by atoms with Crippen LogP contribution in [-0.2, 0) is 0 Å². The summed E-state index contributed by atoms with van der Waals surface area (Å²) in [5.74, 6) is 0.339.